The van der Waals surface area contributed by atoms with E-state index in [-0.39, 0.29) is 11.2 Å². The van der Waals surface area contributed by atoms with E-state index < -0.39 is 12.2 Å². The fourth-order valence-electron chi connectivity index (χ4n) is 5.07. The second-order valence-electron chi connectivity index (χ2n) is 9.65. The Hall–Kier alpha value is -3.13. The summed E-state index contributed by atoms with van der Waals surface area (Å²) in [6, 6.07) is 9.18. The Balaban J connectivity index is 0.000000155. The lowest BCUT2D eigenvalue weighted by molar-refractivity contribution is -0.211. The minimum atomic E-state index is -2.69. The highest BCUT2D eigenvalue weighted by atomic mass is 79.9. The number of nitrogens with zero attached hydrogens (tertiary/aromatic N) is 4. The predicted octanol–water partition coefficient (Wildman–Crippen LogP) is 4.27. The molecule has 214 valence electrons. The van der Waals surface area contributed by atoms with Crippen molar-refractivity contribution in [2.45, 2.75) is 24.9 Å². The molecule has 7 rings (SSSR count). The number of hydrogen-bond donors (Lipinski definition) is 2. The SMILES string of the molecule is CO.FC(F)c1nc(N2CCCC2)c2oc3ccccc3c2n1.O=c1[nH]cc(Br)cc1N1CCOC2(COC2)C1. The molecule has 3 saturated heterocycles. The third-order valence-corrected chi connectivity index (χ3v) is 7.45. The number of morpholine rings is 1. The zero-order valence-corrected chi connectivity index (χ0v) is 23.5. The molecule has 3 aromatic heterocycles. The van der Waals surface area contributed by atoms with Crippen LogP contribution in [0.15, 0.2) is 50.2 Å². The van der Waals surface area contributed by atoms with E-state index in [2.05, 4.69) is 35.8 Å². The molecule has 3 fully saturated rings. The largest absolute Gasteiger partial charge is 0.450 e. The Kier molecular flexibility index (Phi) is 8.64. The Morgan fingerprint density at radius 1 is 1.10 bits per heavy atom. The van der Waals surface area contributed by atoms with Crippen LogP contribution in [-0.4, -0.2) is 78.8 Å². The number of benzene rings is 1. The lowest BCUT2D eigenvalue weighted by atomic mass is 9.99. The molecule has 0 bridgehead atoms. The number of fused-ring (bicyclic) bond motifs is 3. The highest BCUT2D eigenvalue weighted by Gasteiger charge is 2.44. The van der Waals surface area contributed by atoms with Gasteiger partial charge in [-0.3, -0.25) is 4.79 Å². The van der Waals surface area contributed by atoms with Crippen LogP contribution in [0.2, 0.25) is 0 Å². The van der Waals surface area contributed by atoms with Gasteiger partial charge in [-0.1, -0.05) is 12.1 Å². The standard InChI is InChI=1S/C15H13F2N3O.C11H13BrN2O3.CH4O/c16-13(17)14-18-11-9-5-1-2-6-10(9)21-12(11)15(19-14)20-7-3-4-8-20;12-8-3-9(10(15)13-4-8)14-1-2-17-11(5-14)6-16-7-11;1-2/h1-2,5-6,13H,3-4,7-8H2;3-4H,1-2,5-7H2,(H,13,15);2H,1H3. The molecule has 0 aliphatic carbocycles. The maximum atomic E-state index is 13.1. The number of aromatic nitrogens is 3. The van der Waals surface area contributed by atoms with Crippen molar-refractivity contribution >= 4 is 49.5 Å². The first-order chi connectivity index (χ1) is 19.4. The van der Waals surface area contributed by atoms with E-state index in [4.69, 9.17) is 19.0 Å². The van der Waals surface area contributed by atoms with Crippen LogP contribution in [0.3, 0.4) is 0 Å². The second-order valence-corrected chi connectivity index (χ2v) is 10.6. The average molecular weight is 622 g/mol. The number of halogens is 3. The molecule has 4 aromatic rings. The quantitative estimate of drug-likeness (QED) is 0.346. The molecule has 0 saturated carbocycles. The molecule has 3 aliphatic heterocycles. The Morgan fingerprint density at radius 2 is 1.85 bits per heavy atom. The van der Waals surface area contributed by atoms with Gasteiger partial charge in [0, 0.05) is 42.8 Å². The van der Waals surface area contributed by atoms with Crippen molar-refractivity contribution in [3.8, 4) is 0 Å². The lowest BCUT2D eigenvalue weighted by Gasteiger charge is -2.48. The maximum absolute atomic E-state index is 13.1. The van der Waals surface area contributed by atoms with E-state index in [1.165, 1.54) is 0 Å². The molecular weight excluding hydrogens is 592 g/mol. The topological polar surface area (TPSA) is 117 Å². The van der Waals surface area contributed by atoms with Crippen LogP contribution in [0, 0.1) is 0 Å². The number of aromatic amines is 1. The molecule has 6 heterocycles. The van der Waals surface area contributed by atoms with Gasteiger partial charge in [0.1, 0.15) is 22.4 Å². The van der Waals surface area contributed by atoms with Crippen molar-refractivity contribution in [2.24, 2.45) is 0 Å². The fourth-order valence-corrected chi connectivity index (χ4v) is 5.40. The van der Waals surface area contributed by atoms with Crippen LogP contribution < -0.4 is 15.4 Å². The van der Waals surface area contributed by atoms with Gasteiger partial charge in [0.05, 0.1) is 26.4 Å². The first-order valence-electron chi connectivity index (χ1n) is 12.9. The summed E-state index contributed by atoms with van der Waals surface area (Å²) in [7, 11) is 1.00. The molecule has 1 spiro atoms. The second kappa shape index (κ2) is 12.2. The fraction of sp³-hybridized carbons (Fsp3) is 0.444. The van der Waals surface area contributed by atoms with Crippen LogP contribution in [0.5, 0.6) is 0 Å². The molecule has 40 heavy (non-hydrogen) atoms. The van der Waals surface area contributed by atoms with Gasteiger partial charge in [-0.05, 0) is 47.0 Å². The van der Waals surface area contributed by atoms with Crippen molar-refractivity contribution < 1.29 is 27.8 Å². The number of aliphatic hydroxyl groups is 1. The van der Waals surface area contributed by atoms with Gasteiger partial charge in [0.15, 0.2) is 17.2 Å². The molecule has 0 radical (unpaired) electrons. The van der Waals surface area contributed by atoms with Crippen molar-refractivity contribution in [3.63, 3.8) is 0 Å². The minimum Gasteiger partial charge on any atom is -0.450 e. The number of nitrogens with one attached hydrogen (secondary N) is 1. The number of ether oxygens (including phenoxy) is 2. The Morgan fingerprint density at radius 3 is 2.55 bits per heavy atom. The zero-order valence-electron chi connectivity index (χ0n) is 21.9. The van der Waals surface area contributed by atoms with Gasteiger partial charge in [-0.25, -0.2) is 18.7 Å². The maximum Gasteiger partial charge on any atom is 0.297 e. The van der Waals surface area contributed by atoms with Gasteiger partial charge in [-0.15, -0.1) is 0 Å². The number of aliphatic hydroxyl groups excluding tert-OH is 1. The van der Waals surface area contributed by atoms with Crippen molar-refractivity contribution in [2.75, 3.05) is 62.9 Å². The van der Waals surface area contributed by atoms with Crippen LogP contribution >= 0.6 is 15.9 Å². The van der Waals surface area contributed by atoms with Gasteiger partial charge < -0.3 is 33.8 Å². The number of para-hydroxylation sites is 1. The van der Waals surface area contributed by atoms with Crippen molar-refractivity contribution in [1.29, 1.82) is 0 Å². The summed E-state index contributed by atoms with van der Waals surface area (Å²) < 4.78 is 43.8. The number of rotatable bonds is 3. The van der Waals surface area contributed by atoms with Crippen molar-refractivity contribution in [3.05, 3.63) is 57.2 Å². The summed E-state index contributed by atoms with van der Waals surface area (Å²) in [5.41, 5.74) is 2.04. The first kappa shape index (κ1) is 28.4. The van der Waals surface area contributed by atoms with E-state index in [9.17, 15) is 13.6 Å². The first-order valence-corrected chi connectivity index (χ1v) is 13.7. The summed E-state index contributed by atoms with van der Waals surface area (Å²) >= 11 is 3.37. The van der Waals surface area contributed by atoms with Gasteiger partial charge in [-0.2, -0.15) is 0 Å². The molecule has 0 atom stereocenters. The minimum absolute atomic E-state index is 0.0644. The molecule has 2 N–H and O–H groups in total. The number of furan rings is 1. The number of anilines is 2. The predicted molar refractivity (Wildman–Crippen MR) is 150 cm³/mol. The number of hydrogen-bond acceptors (Lipinski definition) is 9. The van der Waals surface area contributed by atoms with Crippen LogP contribution in [0.4, 0.5) is 20.3 Å². The monoisotopic (exact) mass is 621 g/mol. The van der Waals surface area contributed by atoms with Gasteiger partial charge in [0.2, 0.25) is 0 Å². The molecule has 0 amide bonds. The normalized spacial score (nSPS) is 17.9. The van der Waals surface area contributed by atoms with Crippen LogP contribution in [0.25, 0.3) is 22.1 Å². The van der Waals surface area contributed by atoms with Crippen LogP contribution in [0.1, 0.15) is 25.1 Å². The molecule has 13 heteroatoms. The Labute approximate surface area is 237 Å². The lowest BCUT2D eigenvalue weighted by Crippen LogP contribution is -2.63. The van der Waals surface area contributed by atoms with E-state index in [1.54, 1.807) is 6.20 Å². The number of alkyl halides is 2. The summed E-state index contributed by atoms with van der Waals surface area (Å²) in [6.45, 7) is 4.95. The molecule has 10 nitrogen and oxygen atoms in total. The van der Waals surface area contributed by atoms with Gasteiger partial charge in [0.25, 0.3) is 12.0 Å². The third kappa shape index (κ3) is 5.69. The molecule has 1 aromatic carbocycles. The number of pyridine rings is 1. The third-order valence-electron chi connectivity index (χ3n) is 6.99. The van der Waals surface area contributed by atoms with E-state index in [1.807, 2.05) is 35.2 Å². The summed E-state index contributed by atoms with van der Waals surface area (Å²) in [6.07, 6.45) is 1.03. The smallest absolute Gasteiger partial charge is 0.297 e. The molecule has 0 unspecified atom stereocenters. The van der Waals surface area contributed by atoms with E-state index >= 15 is 0 Å². The molecule has 3 aliphatic rings. The summed E-state index contributed by atoms with van der Waals surface area (Å²) in [5, 5.41) is 7.75. The number of H-pyrrole nitrogens is 1. The zero-order chi connectivity index (χ0) is 28.3. The van der Waals surface area contributed by atoms with E-state index in [0.29, 0.717) is 54.6 Å². The van der Waals surface area contributed by atoms with E-state index in [0.717, 1.165) is 49.4 Å². The average Bonchev–Trinajstić information content (AvgIpc) is 3.63. The van der Waals surface area contributed by atoms with Gasteiger partial charge >= 0.3 is 0 Å². The molecular formula is C27H30BrF2N5O5. The van der Waals surface area contributed by atoms with Crippen LogP contribution in [-0.2, 0) is 9.47 Å². The Bertz CT molecular complexity index is 1520. The van der Waals surface area contributed by atoms with Crippen molar-refractivity contribution in [1.82, 2.24) is 15.0 Å². The highest BCUT2D eigenvalue weighted by molar-refractivity contribution is 9.10. The summed E-state index contributed by atoms with van der Waals surface area (Å²) in [5.74, 6) is 0.0555. The highest BCUT2D eigenvalue weighted by Crippen LogP contribution is 2.35. The summed E-state index contributed by atoms with van der Waals surface area (Å²) in [4.78, 5) is 26.6.